The summed E-state index contributed by atoms with van der Waals surface area (Å²) in [7, 11) is 4.84. The summed E-state index contributed by atoms with van der Waals surface area (Å²) in [5, 5.41) is 4.47. The van der Waals surface area contributed by atoms with Crippen LogP contribution in [-0.4, -0.2) is 64.6 Å². The van der Waals surface area contributed by atoms with Crippen LogP contribution in [0.4, 0.5) is 0 Å². The molecule has 2 aromatic carbocycles. The average molecular weight is 516 g/mol. The number of ether oxygens (including phenoxy) is 3. The highest BCUT2D eigenvalue weighted by atomic mass is 16.5. The normalized spacial score (nSPS) is 13.9. The molecule has 0 unspecified atom stereocenters. The van der Waals surface area contributed by atoms with E-state index in [2.05, 4.69) is 9.67 Å². The lowest BCUT2D eigenvalue weighted by Crippen LogP contribution is -2.38. The number of piperidine rings is 1. The van der Waals surface area contributed by atoms with Crippen LogP contribution in [0.1, 0.15) is 46.2 Å². The molecule has 5 rings (SSSR count). The van der Waals surface area contributed by atoms with Crippen LogP contribution in [0, 0.1) is 6.92 Å². The summed E-state index contributed by atoms with van der Waals surface area (Å²) < 4.78 is 20.5. The number of carbonyl (C=O) groups excluding carboxylic acids is 1. The standard InChI is InChI=1S/C29H33N5O4/c1-20-24(18-31-34(20)23-8-6-5-7-9-23)29(35)32-13-10-22(11-14-32)28-30-12-15-33(28)19-21-16-25(36-2)27(38-4)26(17-21)37-3/h5-9,12,15-18,22H,10-11,13-14,19H2,1-4H3. The minimum Gasteiger partial charge on any atom is -0.493 e. The maximum Gasteiger partial charge on any atom is 0.257 e. The van der Waals surface area contributed by atoms with Gasteiger partial charge in [0.25, 0.3) is 5.91 Å². The Kier molecular flexibility index (Phi) is 7.35. The van der Waals surface area contributed by atoms with Crippen LogP contribution in [0.3, 0.4) is 0 Å². The molecule has 0 aliphatic carbocycles. The molecule has 0 saturated carbocycles. The van der Waals surface area contributed by atoms with Crippen LogP contribution in [0.2, 0.25) is 0 Å². The van der Waals surface area contributed by atoms with Gasteiger partial charge in [0.15, 0.2) is 11.5 Å². The number of hydrogen-bond acceptors (Lipinski definition) is 6. The van der Waals surface area contributed by atoms with E-state index >= 15 is 0 Å². The number of methoxy groups -OCH3 is 3. The Morgan fingerprint density at radius 1 is 1.00 bits per heavy atom. The predicted octanol–water partition coefficient (Wildman–Crippen LogP) is 4.47. The third-order valence-corrected chi connectivity index (χ3v) is 7.21. The van der Waals surface area contributed by atoms with Gasteiger partial charge in [-0.25, -0.2) is 9.67 Å². The monoisotopic (exact) mass is 515 g/mol. The van der Waals surface area contributed by atoms with Gasteiger partial charge in [-0.2, -0.15) is 5.10 Å². The molecule has 0 bridgehead atoms. The summed E-state index contributed by atoms with van der Waals surface area (Å²) in [5.41, 5.74) is 3.47. The van der Waals surface area contributed by atoms with E-state index < -0.39 is 0 Å². The Hall–Kier alpha value is -4.27. The largest absolute Gasteiger partial charge is 0.493 e. The van der Waals surface area contributed by atoms with Crippen molar-refractivity contribution in [3.8, 4) is 22.9 Å². The summed E-state index contributed by atoms with van der Waals surface area (Å²) in [6.07, 6.45) is 7.22. The van der Waals surface area contributed by atoms with Crippen molar-refractivity contribution in [1.82, 2.24) is 24.2 Å². The molecule has 0 N–H and O–H groups in total. The lowest BCUT2D eigenvalue weighted by molar-refractivity contribution is 0.0709. The first-order chi connectivity index (χ1) is 18.5. The third kappa shape index (κ3) is 4.83. The second-order valence-corrected chi connectivity index (χ2v) is 9.40. The Morgan fingerprint density at radius 3 is 2.32 bits per heavy atom. The fourth-order valence-electron chi connectivity index (χ4n) is 5.20. The summed E-state index contributed by atoms with van der Waals surface area (Å²) in [4.78, 5) is 20.0. The average Bonchev–Trinajstić information content (AvgIpc) is 3.58. The Balaban J connectivity index is 1.27. The van der Waals surface area contributed by atoms with Crippen molar-refractivity contribution >= 4 is 5.91 Å². The molecule has 0 radical (unpaired) electrons. The van der Waals surface area contributed by atoms with Gasteiger partial charge in [-0.15, -0.1) is 0 Å². The highest BCUT2D eigenvalue weighted by Crippen LogP contribution is 2.38. The second-order valence-electron chi connectivity index (χ2n) is 9.40. The van der Waals surface area contributed by atoms with Gasteiger partial charge in [0.2, 0.25) is 5.75 Å². The zero-order valence-corrected chi connectivity index (χ0v) is 22.3. The van der Waals surface area contributed by atoms with Gasteiger partial charge in [-0.3, -0.25) is 4.79 Å². The van der Waals surface area contributed by atoms with E-state index in [-0.39, 0.29) is 11.8 Å². The topological polar surface area (TPSA) is 83.6 Å². The predicted molar refractivity (Wildman–Crippen MR) is 144 cm³/mol. The van der Waals surface area contributed by atoms with Gasteiger partial charge in [0.1, 0.15) is 5.82 Å². The van der Waals surface area contributed by atoms with E-state index in [1.54, 1.807) is 27.5 Å². The minimum absolute atomic E-state index is 0.0314. The first kappa shape index (κ1) is 25.4. The van der Waals surface area contributed by atoms with Crippen molar-refractivity contribution in [3.63, 3.8) is 0 Å². The molecule has 0 atom stereocenters. The Labute approximate surface area is 222 Å². The molecule has 0 spiro atoms. The molecule has 2 aromatic heterocycles. The van der Waals surface area contributed by atoms with Crippen molar-refractivity contribution in [2.45, 2.75) is 32.2 Å². The number of carbonyl (C=O) groups is 1. The van der Waals surface area contributed by atoms with E-state index in [0.29, 0.717) is 42.4 Å². The van der Waals surface area contributed by atoms with Crippen molar-refractivity contribution < 1.29 is 19.0 Å². The highest BCUT2D eigenvalue weighted by Gasteiger charge is 2.29. The minimum atomic E-state index is 0.0314. The lowest BCUT2D eigenvalue weighted by Gasteiger charge is -2.32. The second kappa shape index (κ2) is 11.0. The number of benzene rings is 2. The molecule has 1 amide bonds. The number of likely N-dealkylation sites (tertiary alicyclic amines) is 1. The van der Waals surface area contributed by atoms with Gasteiger partial charge < -0.3 is 23.7 Å². The first-order valence-corrected chi connectivity index (χ1v) is 12.7. The SMILES string of the molecule is COc1cc(Cn2ccnc2C2CCN(C(=O)c3cnn(-c4ccccc4)c3C)CC2)cc(OC)c1OC. The molecule has 1 saturated heterocycles. The summed E-state index contributed by atoms with van der Waals surface area (Å²) >= 11 is 0. The molecule has 198 valence electrons. The smallest absolute Gasteiger partial charge is 0.257 e. The number of hydrogen-bond donors (Lipinski definition) is 0. The van der Waals surface area contributed by atoms with Crippen molar-refractivity contribution in [2.75, 3.05) is 34.4 Å². The quantitative estimate of drug-likeness (QED) is 0.344. The Morgan fingerprint density at radius 2 is 1.68 bits per heavy atom. The van der Waals surface area contributed by atoms with Crippen molar-refractivity contribution in [3.05, 3.63) is 83.7 Å². The maximum atomic E-state index is 13.4. The third-order valence-electron chi connectivity index (χ3n) is 7.21. The zero-order chi connectivity index (χ0) is 26.6. The van der Waals surface area contributed by atoms with Crippen LogP contribution in [0.25, 0.3) is 5.69 Å². The molecule has 1 aliphatic heterocycles. The summed E-state index contributed by atoms with van der Waals surface area (Å²) in [6, 6.07) is 13.8. The summed E-state index contributed by atoms with van der Waals surface area (Å²) in [5.74, 6) is 3.15. The number of imidazole rings is 1. The molecular weight excluding hydrogens is 482 g/mol. The zero-order valence-electron chi connectivity index (χ0n) is 22.3. The van der Waals surface area contributed by atoms with Crippen LogP contribution in [0.5, 0.6) is 17.2 Å². The van der Waals surface area contributed by atoms with Crippen LogP contribution >= 0.6 is 0 Å². The number of nitrogens with zero attached hydrogens (tertiary/aromatic N) is 5. The molecule has 1 fully saturated rings. The number of para-hydroxylation sites is 1. The van der Waals surface area contributed by atoms with E-state index in [1.807, 2.05) is 71.4 Å². The van der Waals surface area contributed by atoms with Gasteiger partial charge in [0.05, 0.1) is 44.5 Å². The summed E-state index contributed by atoms with van der Waals surface area (Å²) in [6.45, 7) is 3.93. The van der Waals surface area contributed by atoms with E-state index in [1.165, 1.54) is 0 Å². The van der Waals surface area contributed by atoms with Crippen molar-refractivity contribution in [1.29, 1.82) is 0 Å². The van der Waals surface area contributed by atoms with Gasteiger partial charge in [-0.05, 0) is 49.6 Å². The van der Waals surface area contributed by atoms with Crippen molar-refractivity contribution in [2.24, 2.45) is 0 Å². The number of amides is 1. The maximum absolute atomic E-state index is 13.4. The molecule has 9 heteroatoms. The number of rotatable bonds is 8. The highest BCUT2D eigenvalue weighted by molar-refractivity contribution is 5.95. The van der Waals surface area contributed by atoms with E-state index in [0.717, 1.165) is 35.6 Å². The number of aromatic nitrogens is 4. The fourth-order valence-corrected chi connectivity index (χ4v) is 5.20. The van der Waals surface area contributed by atoms with Gasteiger partial charge >= 0.3 is 0 Å². The molecule has 3 heterocycles. The lowest BCUT2D eigenvalue weighted by atomic mass is 9.95. The first-order valence-electron chi connectivity index (χ1n) is 12.7. The Bertz CT molecular complexity index is 1380. The molecule has 9 nitrogen and oxygen atoms in total. The van der Waals surface area contributed by atoms with E-state index in [4.69, 9.17) is 19.2 Å². The fraction of sp³-hybridized carbons (Fsp3) is 0.345. The molecule has 1 aliphatic rings. The van der Waals surface area contributed by atoms with E-state index in [9.17, 15) is 4.79 Å². The van der Waals surface area contributed by atoms with Gasteiger partial charge in [-0.1, -0.05) is 18.2 Å². The molecular formula is C29H33N5O4. The van der Waals surface area contributed by atoms with Gasteiger partial charge in [0, 0.05) is 37.9 Å². The van der Waals surface area contributed by atoms with Crippen LogP contribution in [-0.2, 0) is 6.54 Å². The van der Waals surface area contributed by atoms with Crippen LogP contribution in [0.15, 0.2) is 61.1 Å². The van der Waals surface area contributed by atoms with Crippen LogP contribution < -0.4 is 14.2 Å². The molecule has 38 heavy (non-hydrogen) atoms. The molecule has 4 aromatic rings.